The Bertz CT molecular complexity index is 574. The molecule has 0 unspecified atom stereocenters. The van der Waals surface area contributed by atoms with E-state index in [1.807, 2.05) is 0 Å². The van der Waals surface area contributed by atoms with Gasteiger partial charge in [0.2, 0.25) is 11.2 Å². The highest BCUT2D eigenvalue weighted by Gasteiger charge is 2.34. The average molecular weight is 322 g/mol. The highest BCUT2D eigenvalue weighted by Crippen LogP contribution is 2.28. The second kappa shape index (κ2) is 7.47. The summed E-state index contributed by atoms with van der Waals surface area (Å²) in [6.45, 7) is 5.72. The molecule has 0 spiro atoms. The summed E-state index contributed by atoms with van der Waals surface area (Å²) >= 11 is 0. The fraction of sp³-hybridized carbons (Fsp3) is 0.706. The molecule has 6 nitrogen and oxygen atoms in total. The summed E-state index contributed by atoms with van der Waals surface area (Å²) < 4.78 is 15.8. The van der Waals surface area contributed by atoms with Gasteiger partial charge in [-0.25, -0.2) is 0 Å². The first-order valence-electron chi connectivity index (χ1n) is 8.30. The molecule has 0 saturated carbocycles. The number of piperidine rings is 1. The van der Waals surface area contributed by atoms with E-state index in [1.165, 1.54) is 26.2 Å². The van der Waals surface area contributed by atoms with E-state index in [9.17, 15) is 4.79 Å². The molecule has 3 aliphatic heterocycles. The molecule has 3 aliphatic rings. The van der Waals surface area contributed by atoms with Crippen LogP contribution in [0, 0.1) is 5.92 Å². The minimum Gasteiger partial charge on any atom is -0.490 e. The molecule has 4 rings (SSSR count). The lowest BCUT2D eigenvalue weighted by molar-refractivity contribution is 0.0865. The summed E-state index contributed by atoms with van der Waals surface area (Å²) in [6, 6.07) is 2.13. The quantitative estimate of drug-likeness (QED) is 0.784. The zero-order chi connectivity index (χ0) is 16.2. The molecular weight excluding hydrogens is 296 g/mol. The van der Waals surface area contributed by atoms with Crippen molar-refractivity contribution < 1.29 is 13.9 Å². The summed E-state index contributed by atoms with van der Waals surface area (Å²) in [5, 5.41) is 0. The van der Waals surface area contributed by atoms with E-state index in [2.05, 4.69) is 9.80 Å². The molecule has 2 bridgehead atoms. The smallest absolute Gasteiger partial charge is 0.227 e. The Labute approximate surface area is 137 Å². The predicted octanol–water partition coefficient (Wildman–Crippen LogP) is 1.19. The maximum atomic E-state index is 11.9. The standard InChI is InChI=1S/C17H26N2O4/c1-21-6-5-19-9-13-3-4-14(19)10-18(8-13)11-15-7-16(20)17(22-2)12-23-15/h7,12-14H,3-6,8-11H2,1-2H3/t13-,14+/m0/s1. The molecular formula is C17H26N2O4. The molecule has 1 aromatic rings. The second-order valence-electron chi connectivity index (χ2n) is 6.56. The van der Waals surface area contributed by atoms with E-state index in [0.29, 0.717) is 24.3 Å². The van der Waals surface area contributed by atoms with Crippen molar-refractivity contribution in [3.05, 3.63) is 28.3 Å². The molecule has 4 heterocycles. The molecule has 0 aliphatic carbocycles. The van der Waals surface area contributed by atoms with Crippen LogP contribution in [0.25, 0.3) is 0 Å². The molecule has 0 radical (unpaired) electrons. The molecule has 3 saturated heterocycles. The lowest BCUT2D eigenvalue weighted by Crippen LogP contribution is -2.45. The maximum absolute atomic E-state index is 11.9. The Balaban J connectivity index is 1.65. The summed E-state index contributed by atoms with van der Waals surface area (Å²) in [7, 11) is 3.24. The topological polar surface area (TPSA) is 55.2 Å². The minimum atomic E-state index is -0.117. The number of nitrogens with zero attached hydrogens (tertiary/aromatic N) is 2. The van der Waals surface area contributed by atoms with E-state index < -0.39 is 0 Å². The Hall–Kier alpha value is -1.37. The number of fused-ring (bicyclic) bond motifs is 4. The van der Waals surface area contributed by atoms with Crippen LogP contribution in [0.5, 0.6) is 5.75 Å². The first-order chi connectivity index (χ1) is 11.2. The Morgan fingerprint density at radius 1 is 1.26 bits per heavy atom. The molecule has 0 N–H and O–H groups in total. The van der Waals surface area contributed by atoms with Crippen molar-refractivity contribution in [2.45, 2.75) is 25.4 Å². The van der Waals surface area contributed by atoms with Crippen LogP contribution in [0.15, 0.2) is 21.5 Å². The lowest BCUT2D eigenvalue weighted by atomic mass is 9.95. The van der Waals surface area contributed by atoms with Crippen LogP contribution in [0.3, 0.4) is 0 Å². The van der Waals surface area contributed by atoms with Gasteiger partial charge in [-0.3, -0.25) is 14.6 Å². The van der Waals surface area contributed by atoms with Gasteiger partial charge < -0.3 is 13.9 Å². The van der Waals surface area contributed by atoms with Crippen molar-refractivity contribution in [2.24, 2.45) is 5.92 Å². The summed E-state index contributed by atoms with van der Waals surface area (Å²) in [6.07, 6.45) is 3.95. The first kappa shape index (κ1) is 16.5. The normalized spacial score (nSPS) is 25.5. The molecule has 6 heteroatoms. The van der Waals surface area contributed by atoms with Gasteiger partial charge in [0.25, 0.3) is 0 Å². The fourth-order valence-electron chi connectivity index (χ4n) is 3.78. The average Bonchev–Trinajstić information content (AvgIpc) is 2.83. The second-order valence-corrected chi connectivity index (χ2v) is 6.56. The Morgan fingerprint density at radius 3 is 2.87 bits per heavy atom. The molecule has 0 aromatic carbocycles. The van der Waals surface area contributed by atoms with Gasteiger partial charge in [0.15, 0.2) is 0 Å². The van der Waals surface area contributed by atoms with Gasteiger partial charge in [-0.05, 0) is 18.8 Å². The van der Waals surface area contributed by atoms with E-state index in [1.54, 1.807) is 13.2 Å². The molecule has 0 amide bonds. The fourth-order valence-corrected chi connectivity index (χ4v) is 3.78. The minimum absolute atomic E-state index is 0.117. The SMILES string of the molecule is COCCN1C[C@H]2CC[C@@H]1CN(Cc1cc(=O)c(OC)co1)C2. The molecule has 1 aromatic heterocycles. The number of methoxy groups -OCH3 is 2. The first-order valence-corrected chi connectivity index (χ1v) is 8.30. The van der Waals surface area contributed by atoms with Crippen LogP contribution in [0.2, 0.25) is 0 Å². The number of rotatable bonds is 6. The zero-order valence-corrected chi connectivity index (χ0v) is 14.0. The highest BCUT2D eigenvalue weighted by molar-refractivity contribution is 5.17. The van der Waals surface area contributed by atoms with Crippen LogP contribution < -0.4 is 10.2 Å². The van der Waals surface area contributed by atoms with Crippen molar-refractivity contribution in [2.75, 3.05) is 47.0 Å². The monoisotopic (exact) mass is 322 g/mol. The van der Waals surface area contributed by atoms with E-state index in [-0.39, 0.29) is 11.2 Å². The Morgan fingerprint density at radius 2 is 2.13 bits per heavy atom. The largest absolute Gasteiger partial charge is 0.490 e. The van der Waals surface area contributed by atoms with E-state index in [4.69, 9.17) is 13.9 Å². The van der Waals surface area contributed by atoms with E-state index in [0.717, 1.165) is 32.8 Å². The van der Waals surface area contributed by atoms with Gasteiger partial charge in [-0.15, -0.1) is 0 Å². The summed E-state index contributed by atoms with van der Waals surface area (Å²) in [5.41, 5.74) is -0.117. The van der Waals surface area contributed by atoms with E-state index >= 15 is 0 Å². The third kappa shape index (κ3) is 3.94. The molecule has 3 fully saturated rings. The molecule has 23 heavy (non-hydrogen) atoms. The third-order valence-electron chi connectivity index (χ3n) is 4.94. The molecule has 128 valence electrons. The zero-order valence-electron chi connectivity index (χ0n) is 14.0. The van der Waals surface area contributed by atoms with Gasteiger partial charge in [0, 0.05) is 45.4 Å². The van der Waals surface area contributed by atoms with Gasteiger partial charge in [0.05, 0.1) is 20.3 Å². The van der Waals surface area contributed by atoms with Crippen LogP contribution in [-0.2, 0) is 11.3 Å². The highest BCUT2D eigenvalue weighted by atomic mass is 16.5. The van der Waals surface area contributed by atoms with Crippen molar-refractivity contribution in [1.29, 1.82) is 0 Å². The van der Waals surface area contributed by atoms with Crippen molar-refractivity contribution in [3.63, 3.8) is 0 Å². The molecule has 2 atom stereocenters. The number of hydrogen-bond acceptors (Lipinski definition) is 6. The summed E-state index contributed by atoms with van der Waals surface area (Å²) in [4.78, 5) is 16.8. The maximum Gasteiger partial charge on any atom is 0.227 e. The Kier molecular flexibility index (Phi) is 5.35. The van der Waals surface area contributed by atoms with Gasteiger partial charge in [-0.1, -0.05) is 0 Å². The van der Waals surface area contributed by atoms with Crippen molar-refractivity contribution in [1.82, 2.24) is 9.80 Å². The number of hydrogen-bond donors (Lipinski definition) is 0. The van der Waals surface area contributed by atoms with Gasteiger partial charge in [-0.2, -0.15) is 0 Å². The van der Waals surface area contributed by atoms with Crippen LogP contribution >= 0.6 is 0 Å². The van der Waals surface area contributed by atoms with Gasteiger partial charge >= 0.3 is 0 Å². The third-order valence-corrected chi connectivity index (χ3v) is 4.94. The number of ether oxygens (including phenoxy) is 2. The van der Waals surface area contributed by atoms with Crippen LogP contribution in [0.1, 0.15) is 18.6 Å². The van der Waals surface area contributed by atoms with Crippen LogP contribution in [-0.4, -0.2) is 62.8 Å². The van der Waals surface area contributed by atoms with Crippen LogP contribution in [0.4, 0.5) is 0 Å². The van der Waals surface area contributed by atoms with Crippen molar-refractivity contribution >= 4 is 0 Å². The van der Waals surface area contributed by atoms with Gasteiger partial charge in [0.1, 0.15) is 12.0 Å². The lowest BCUT2D eigenvalue weighted by Gasteiger charge is -2.35. The van der Waals surface area contributed by atoms with Crippen molar-refractivity contribution in [3.8, 4) is 5.75 Å². The summed E-state index contributed by atoms with van der Waals surface area (Å²) in [5.74, 6) is 1.66. The predicted molar refractivity (Wildman–Crippen MR) is 86.8 cm³/mol.